The van der Waals surface area contributed by atoms with Gasteiger partial charge in [-0.05, 0) is 54.6 Å². The molecular formula is C22H13BrN2O6. The average molecular weight is 481 g/mol. The van der Waals surface area contributed by atoms with E-state index < -0.39 is 23.8 Å². The molecule has 1 fully saturated rings. The molecule has 1 aromatic heterocycles. The second-order valence-corrected chi connectivity index (χ2v) is 7.43. The highest BCUT2D eigenvalue weighted by Gasteiger charge is 2.37. The number of imide groups is 2. The first-order chi connectivity index (χ1) is 14.8. The topological polar surface area (TPSA) is 117 Å². The molecule has 1 aliphatic heterocycles. The van der Waals surface area contributed by atoms with Crippen LogP contribution in [-0.2, 0) is 9.59 Å². The van der Waals surface area contributed by atoms with Crippen molar-refractivity contribution in [2.45, 2.75) is 0 Å². The predicted molar refractivity (Wildman–Crippen MR) is 114 cm³/mol. The molecule has 0 atom stereocenters. The summed E-state index contributed by atoms with van der Waals surface area (Å²) in [5, 5.41) is 11.1. The van der Waals surface area contributed by atoms with Crippen LogP contribution in [0.15, 0.2) is 75.1 Å². The zero-order valence-corrected chi connectivity index (χ0v) is 17.3. The Morgan fingerprint density at radius 1 is 0.968 bits per heavy atom. The summed E-state index contributed by atoms with van der Waals surface area (Å²) in [6, 6.07) is 14.9. The number of halogens is 1. The quantitative estimate of drug-likeness (QED) is 0.429. The number of aromatic carboxylic acids is 1. The van der Waals surface area contributed by atoms with Crippen LogP contribution >= 0.6 is 15.9 Å². The molecule has 31 heavy (non-hydrogen) atoms. The van der Waals surface area contributed by atoms with Crippen molar-refractivity contribution in [2.24, 2.45) is 0 Å². The maximum Gasteiger partial charge on any atom is 0.335 e. The van der Waals surface area contributed by atoms with E-state index in [0.29, 0.717) is 17.0 Å². The first-order valence-electron chi connectivity index (χ1n) is 8.94. The van der Waals surface area contributed by atoms with E-state index in [-0.39, 0.29) is 16.9 Å². The lowest BCUT2D eigenvalue weighted by molar-refractivity contribution is -0.122. The summed E-state index contributed by atoms with van der Waals surface area (Å²) in [7, 11) is 0. The summed E-state index contributed by atoms with van der Waals surface area (Å²) in [6.45, 7) is 0. The largest absolute Gasteiger partial charge is 0.478 e. The molecule has 2 aromatic carbocycles. The number of hydrogen-bond acceptors (Lipinski definition) is 5. The Morgan fingerprint density at radius 2 is 1.65 bits per heavy atom. The van der Waals surface area contributed by atoms with Crippen molar-refractivity contribution in [2.75, 3.05) is 4.90 Å². The maximum absolute atomic E-state index is 12.9. The third-order valence-electron chi connectivity index (χ3n) is 4.52. The first kappa shape index (κ1) is 20.3. The van der Waals surface area contributed by atoms with Crippen LogP contribution in [0.3, 0.4) is 0 Å². The Morgan fingerprint density at radius 3 is 2.29 bits per heavy atom. The van der Waals surface area contributed by atoms with Crippen LogP contribution < -0.4 is 10.2 Å². The van der Waals surface area contributed by atoms with Crippen molar-refractivity contribution in [1.82, 2.24) is 5.32 Å². The Bertz CT molecular complexity index is 1240. The number of carboxylic acid groups (broad SMARTS) is 1. The molecule has 2 N–H and O–H groups in total. The molecule has 4 amide bonds. The molecule has 4 rings (SSSR count). The van der Waals surface area contributed by atoms with E-state index in [4.69, 9.17) is 9.52 Å². The lowest BCUT2D eigenvalue weighted by Gasteiger charge is -2.26. The van der Waals surface area contributed by atoms with Gasteiger partial charge in [0.2, 0.25) is 0 Å². The molecule has 9 heteroatoms. The predicted octanol–water partition coefficient (Wildman–Crippen LogP) is 4.07. The number of furan rings is 1. The van der Waals surface area contributed by atoms with E-state index >= 15 is 0 Å². The lowest BCUT2D eigenvalue weighted by atomic mass is 10.1. The van der Waals surface area contributed by atoms with Crippen molar-refractivity contribution in [3.05, 3.63) is 82.0 Å². The summed E-state index contributed by atoms with van der Waals surface area (Å²) in [5.74, 6) is -2.00. The number of nitrogens with zero attached hydrogens (tertiary/aromatic N) is 1. The second kappa shape index (κ2) is 8.04. The number of carboxylic acids is 1. The molecule has 8 nitrogen and oxygen atoms in total. The average Bonchev–Trinajstić information content (AvgIpc) is 3.21. The van der Waals surface area contributed by atoms with Crippen molar-refractivity contribution in [3.63, 3.8) is 0 Å². The fourth-order valence-electron chi connectivity index (χ4n) is 2.99. The summed E-state index contributed by atoms with van der Waals surface area (Å²) < 4.78 is 6.46. The highest BCUT2D eigenvalue weighted by molar-refractivity contribution is 9.10. The van der Waals surface area contributed by atoms with Crippen molar-refractivity contribution in [3.8, 4) is 11.3 Å². The van der Waals surface area contributed by atoms with Crippen LogP contribution in [0.1, 0.15) is 16.1 Å². The summed E-state index contributed by atoms with van der Waals surface area (Å²) in [6.07, 6.45) is 1.26. The van der Waals surface area contributed by atoms with Crippen LogP contribution in [0.2, 0.25) is 0 Å². The fourth-order valence-corrected chi connectivity index (χ4v) is 3.25. The summed E-state index contributed by atoms with van der Waals surface area (Å²) in [4.78, 5) is 49.2. The molecule has 1 saturated heterocycles. The number of rotatable bonds is 4. The first-order valence-corrected chi connectivity index (χ1v) is 9.73. The van der Waals surface area contributed by atoms with Gasteiger partial charge in [0, 0.05) is 10.0 Å². The number of barbiturate groups is 1. The molecule has 0 bridgehead atoms. The van der Waals surface area contributed by atoms with Gasteiger partial charge in [-0.15, -0.1) is 0 Å². The summed E-state index contributed by atoms with van der Waals surface area (Å²) >= 11 is 3.29. The lowest BCUT2D eigenvalue weighted by Crippen LogP contribution is -2.54. The molecule has 2 heterocycles. The second-order valence-electron chi connectivity index (χ2n) is 6.52. The van der Waals surface area contributed by atoms with Gasteiger partial charge in [0.25, 0.3) is 11.8 Å². The molecule has 0 aliphatic carbocycles. The Balaban J connectivity index is 1.63. The molecule has 1 aliphatic rings. The minimum absolute atomic E-state index is 0.139. The van der Waals surface area contributed by atoms with Crippen molar-refractivity contribution < 1.29 is 28.7 Å². The van der Waals surface area contributed by atoms with Crippen molar-refractivity contribution in [1.29, 1.82) is 0 Å². The number of carbonyl (C=O) groups excluding carboxylic acids is 3. The number of carbonyl (C=O) groups is 4. The monoisotopic (exact) mass is 480 g/mol. The normalized spacial score (nSPS) is 15.3. The van der Waals surface area contributed by atoms with Crippen LogP contribution in [0.5, 0.6) is 0 Å². The van der Waals surface area contributed by atoms with Gasteiger partial charge in [-0.25, -0.2) is 14.5 Å². The molecule has 0 unspecified atom stereocenters. The van der Waals surface area contributed by atoms with Crippen LogP contribution in [0.4, 0.5) is 10.5 Å². The zero-order chi connectivity index (χ0) is 22.1. The van der Waals surface area contributed by atoms with Gasteiger partial charge in [0.15, 0.2) is 0 Å². The third kappa shape index (κ3) is 4.03. The fraction of sp³-hybridized carbons (Fsp3) is 0. The molecule has 154 valence electrons. The van der Waals surface area contributed by atoms with E-state index in [0.717, 1.165) is 9.37 Å². The van der Waals surface area contributed by atoms with E-state index in [1.165, 1.54) is 18.2 Å². The number of amides is 4. The number of hydrogen-bond donors (Lipinski definition) is 2. The number of nitrogens with one attached hydrogen (secondary N) is 1. The zero-order valence-electron chi connectivity index (χ0n) is 15.7. The highest BCUT2D eigenvalue weighted by atomic mass is 79.9. The number of urea groups is 1. The van der Waals surface area contributed by atoms with Gasteiger partial charge < -0.3 is 9.52 Å². The molecule has 0 radical (unpaired) electrons. The van der Waals surface area contributed by atoms with Gasteiger partial charge in [-0.1, -0.05) is 28.1 Å². The summed E-state index contributed by atoms with van der Waals surface area (Å²) in [5.41, 5.74) is 0.813. The molecular weight excluding hydrogens is 468 g/mol. The molecule has 0 saturated carbocycles. The van der Waals surface area contributed by atoms with E-state index in [1.807, 2.05) is 0 Å². The van der Waals surface area contributed by atoms with Gasteiger partial charge in [0.05, 0.1) is 11.3 Å². The minimum atomic E-state index is -1.04. The SMILES string of the molecule is O=C1NC(=O)N(c2ccc(Br)cc2)C(=O)/C1=C/c1ccc(-c2ccc(C(=O)O)cc2)o1. The number of anilines is 1. The highest BCUT2D eigenvalue weighted by Crippen LogP contribution is 2.26. The van der Waals surface area contributed by atoms with Gasteiger partial charge >= 0.3 is 12.0 Å². The smallest absolute Gasteiger partial charge is 0.335 e. The molecule has 0 spiro atoms. The van der Waals surface area contributed by atoms with E-state index in [9.17, 15) is 19.2 Å². The number of benzene rings is 2. The third-order valence-corrected chi connectivity index (χ3v) is 5.04. The van der Waals surface area contributed by atoms with Gasteiger partial charge in [-0.3, -0.25) is 14.9 Å². The van der Waals surface area contributed by atoms with Gasteiger partial charge in [-0.2, -0.15) is 0 Å². The van der Waals surface area contributed by atoms with E-state index in [2.05, 4.69) is 21.2 Å². The van der Waals surface area contributed by atoms with Crippen LogP contribution in [0.25, 0.3) is 17.4 Å². The van der Waals surface area contributed by atoms with E-state index in [1.54, 1.807) is 48.5 Å². The Hall–Kier alpha value is -3.98. The Kier molecular flexibility index (Phi) is 5.26. The Labute approximate surface area is 183 Å². The maximum atomic E-state index is 12.9. The van der Waals surface area contributed by atoms with Crippen LogP contribution in [-0.4, -0.2) is 28.9 Å². The molecule has 3 aromatic rings. The van der Waals surface area contributed by atoms with Gasteiger partial charge in [0.1, 0.15) is 17.1 Å². The standard InChI is InChI=1S/C22H13BrN2O6/c23-14-5-7-15(8-6-14)25-20(27)17(19(26)24-22(25)30)11-16-9-10-18(31-16)12-1-3-13(4-2-12)21(28)29/h1-11H,(H,28,29)(H,24,26,30)/b17-11+. The minimum Gasteiger partial charge on any atom is -0.478 e. The van der Waals surface area contributed by atoms with Crippen LogP contribution in [0, 0.1) is 0 Å². The van der Waals surface area contributed by atoms with Crippen molar-refractivity contribution >= 4 is 51.5 Å².